The maximum absolute atomic E-state index is 14.4. The molecule has 2 heterocycles. The van der Waals surface area contributed by atoms with Crippen molar-refractivity contribution in [2.24, 2.45) is 0 Å². The van der Waals surface area contributed by atoms with Gasteiger partial charge < -0.3 is 9.72 Å². The van der Waals surface area contributed by atoms with Crippen LogP contribution in [0, 0.1) is 5.95 Å². The maximum atomic E-state index is 14.4. The van der Waals surface area contributed by atoms with E-state index >= 15 is 0 Å². The van der Waals surface area contributed by atoms with Crippen molar-refractivity contribution in [2.45, 2.75) is 45.3 Å². The summed E-state index contributed by atoms with van der Waals surface area (Å²) in [6, 6.07) is 6.49. The number of aromatic amines is 1. The van der Waals surface area contributed by atoms with Gasteiger partial charge in [-0.25, -0.2) is 9.78 Å². The predicted molar refractivity (Wildman–Crippen MR) is 93.9 cm³/mol. The summed E-state index contributed by atoms with van der Waals surface area (Å²) in [4.78, 5) is 21.1. The zero-order valence-corrected chi connectivity index (χ0v) is 15.2. The van der Waals surface area contributed by atoms with Gasteiger partial charge in [0.1, 0.15) is 17.1 Å². The van der Waals surface area contributed by atoms with E-state index in [1.165, 1.54) is 0 Å². The van der Waals surface area contributed by atoms with Gasteiger partial charge >= 0.3 is 6.09 Å². The smallest absolute Gasteiger partial charge is 0.410 e. The molecular weight excluding hydrogens is 345 g/mol. The van der Waals surface area contributed by atoms with Gasteiger partial charge in [-0.15, -0.1) is 0 Å². The molecule has 0 saturated carbocycles. The van der Waals surface area contributed by atoms with Crippen molar-refractivity contribution in [3.63, 3.8) is 0 Å². The molecule has 1 aromatic heterocycles. The molecule has 1 saturated heterocycles. The van der Waals surface area contributed by atoms with Gasteiger partial charge in [0.2, 0.25) is 5.95 Å². The monoisotopic (exact) mass is 365 g/mol. The second-order valence-electron chi connectivity index (χ2n) is 7.12. The SMILES string of the molecule is CC(C)(C)OC(=O)N1CCCC1c1nc(-c2ccc(Cl)cc2)c(F)[nH]1. The summed E-state index contributed by atoms with van der Waals surface area (Å²) in [5.41, 5.74) is 0.279. The molecule has 1 amide bonds. The lowest BCUT2D eigenvalue weighted by Gasteiger charge is -2.27. The molecule has 1 atom stereocenters. The average Bonchev–Trinajstić information content (AvgIpc) is 3.13. The molecule has 7 heteroatoms. The van der Waals surface area contributed by atoms with Gasteiger partial charge in [0, 0.05) is 17.1 Å². The lowest BCUT2D eigenvalue weighted by Crippen LogP contribution is -2.36. The van der Waals surface area contributed by atoms with Crippen molar-refractivity contribution in [3.05, 3.63) is 41.1 Å². The highest BCUT2D eigenvalue weighted by molar-refractivity contribution is 6.30. The molecule has 5 nitrogen and oxygen atoms in total. The number of ether oxygens (including phenoxy) is 1. The fourth-order valence-electron chi connectivity index (χ4n) is 2.92. The van der Waals surface area contributed by atoms with E-state index in [0.717, 1.165) is 6.42 Å². The van der Waals surface area contributed by atoms with E-state index in [1.54, 1.807) is 29.2 Å². The Balaban J connectivity index is 1.85. The first-order valence-electron chi connectivity index (χ1n) is 8.25. The molecule has 0 aliphatic carbocycles. The summed E-state index contributed by atoms with van der Waals surface area (Å²) in [7, 11) is 0. The van der Waals surface area contributed by atoms with Crippen LogP contribution in [0.25, 0.3) is 11.3 Å². The highest BCUT2D eigenvalue weighted by Gasteiger charge is 2.35. The van der Waals surface area contributed by atoms with Gasteiger partial charge in [0.15, 0.2) is 0 Å². The van der Waals surface area contributed by atoms with Crippen LogP contribution in [0.15, 0.2) is 24.3 Å². The van der Waals surface area contributed by atoms with Crippen LogP contribution in [0.1, 0.15) is 45.5 Å². The van der Waals surface area contributed by atoms with E-state index in [1.807, 2.05) is 20.8 Å². The Morgan fingerprint density at radius 3 is 2.68 bits per heavy atom. The topological polar surface area (TPSA) is 58.2 Å². The third kappa shape index (κ3) is 3.95. The van der Waals surface area contributed by atoms with E-state index in [-0.39, 0.29) is 11.7 Å². The minimum Gasteiger partial charge on any atom is -0.444 e. The average molecular weight is 366 g/mol. The third-order valence-corrected chi connectivity index (χ3v) is 4.24. The summed E-state index contributed by atoms with van der Waals surface area (Å²) in [6.07, 6.45) is 1.13. The summed E-state index contributed by atoms with van der Waals surface area (Å²) in [5, 5.41) is 0.576. The molecule has 1 aromatic carbocycles. The zero-order chi connectivity index (χ0) is 18.2. The second-order valence-corrected chi connectivity index (χ2v) is 7.56. The molecule has 1 N–H and O–H groups in total. The number of imidazole rings is 1. The van der Waals surface area contributed by atoms with Crippen LogP contribution in [0.2, 0.25) is 5.02 Å². The van der Waals surface area contributed by atoms with Crippen LogP contribution >= 0.6 is 11.6 Å². The predicted octanol–water partition coefficient (Wildman–Crippen LogP) is 4.94. The number of halogens is 2. The van der Waals surface area contributed by atoms with Crippen molar-refractivity contribution < 1.29 is 13.9 Å². The van der Waals surface area contributed by atoms with Crippen LogP contribution in [-0.2, 0) is 4.74 Å². The maximum Gasteiger partial charge on any atom is 0.410 e. The van der Waals surface area contributed by atoms with Crippen LogP contribution < -0.4 is 0 Å². The van der Waals surface area contributed by atoms with Crippen LogP contribution in [0.3, 0.4) is 0 Å². The van der Waals surface area contributed by atoms with Gasteiger partial charge in [0.05, 0.1) is 6.04 Å². The van der Waals surface area contributed by atoms with Gasteiger partial charge in [0.25, 0.3) is 0 Å². The fraction of sp³-hybridized carbons (Fsp3) is 0.444. The molecule has 1 aliphatic heterocycles. The number of hydrogen-bond donors (Lipinski definition) is 1. The number of hydrogen-bond acceptors (Lipinski definition) is 3. The largest absolute Gasteiger partial charge is 0.444 e. The number of carbonyl (C=O) groups is 1. The van der Waals surface area contributed by atoms with Crippen molar-refractivity contribution >= 4 is 17.7 Å². The molecular formula is C18H21ClFN3O2. The van der Waals surface area contributed by atoms with Crippen molar-refractivity contribution in [1.82, 2.24) is 14.9 Å². The fourth-order valence-corrected chi connectivity index (χ4v) is 3.04. The number of amides is 1. The number of H-pyrrole nitrogens is 1. The standard InChI is InChI=1S/C18H21ClFN3O2/c1-18(2,3)25-17(24)23-10-4-5-13(23)16-21-14(15(20)22-16)11-6-8-12(19)9-7-11/h6-9,13H,4-5,10H2,1-3H3,(H,21,22). The van der Waals surface area contributed by atoms with E-state index in [0.29, 0.717) is 29.4 Å². The summed E-state index contributed by atoms with van der Waals surface area (Å²) in [5.74, 6) is -0.0841. The van der Waals surface area contributed by atoms with E-state index in [4.69, 9.17) is 16.3 Å². The lowest BCUT2D eigenvalue weighted by atomic mass is 10.2. The minimum atomic E-state index is -0.576. The second kappa shape index (κ2) is 6.67. The number of nitrogens with zero attached hydrogens (tertiary/aromatic N) is 2. The number of carbonyl (C=O) groups excluding carboxylic acids is 1. The normalized spacial score (nSPS) is 17.8. The van der Waals surface area contributed by atoms with Crippen molar-refractivity contribution in [2.75, 3.05) is 6.54 Å². The van der Waals surface area contributed by atoms with E-state index in [2.05, 4.69) is 9.97 Å². The Labute approximate surface area is 151 Å². The minimum absolute atomic E-state index is 0.225. The Bertz CT molecular complexity index is 768. The van der Waals surface area contributed by atoms with E-state index < -0.39 is 17.6 Å². The number of aromatic nitrogens is 2. The number of likely N-dealkylation sites (tertiary alicyclic amines) is 1. The molecule has 0 spiro atoms. The Morgan fingerprint density at radius 1 is 1.36 bits per heavy atom. The molecule has 1 aliphatic rings. The number of nitrogens with one attached hydrogen (secondary N) is 1. The highest BCUT2D eigenvalue weighted by Crippen LogP contribution is 2.33. The molecule has 25 heavy (non-hydrogen) atoms. The third-order valence-electron chi connectivity index (χ3n) is 3.99. The van der Waals surface area contributed by atoms with Gasteiger partial charge in [-0.2, -0.15) is 4.39 Å². The summed E-state index contributed by atoms with van der Waals surface area (Å²) in [6.45, 7) is 6.03. The van der Waals surface area contributed by atoms with Crippen LogP contribution in [0.5, 0.6) is 0 Å². The molecule has 134 valence electrons. The first-order chi connectivity index (χ1) is 11.7. The summed E-state index contributed by atoms with van der Waals surface area (Å²) >= 11 is 5.87. The zero-order valence-electron chi connectivity index (χ0n) is 14.5. The van der Waals surface area contributed by atoms with Gasteiger partial charge in [-0.05, 0) is 45.7 Å². The lowest BCUT2D eigenvalue weighted by molar-refractivity contribution is 0.0218. The molecule has 0 radical (unpaired) electrons. The van der Waals surface area contributed by atoms with Gasteiger partial charge in [-0.1, -0.05) is 23.7 Å². The molecule has 3 rings (SSSR count). The Hall–Kier alpha value is -2.08. The van der Waals surface area contributed by atoms with Crippen molar-refractivity contribution in [1.29, 1.82) is 0 Å². The number of benzene rings is 1. The van der Waals surface area contributed by atoms with Crippen LogP contribution in [0.4, 0.5) is 9.18 Å². The highest BCUT2D eigenvalue weighted by atomic mass is 35.5. The van der Waals surface area contributed by atoms with E-state index in [9.17, 15) is 9.18 Å². The van der Waals surface area contributed by atoms with Gasteiger partial charge in [-0.3, -0.25) is 4.90 Å². The molecule has 0 bridgehead atoms. The van der Waals surface area contributed by atoms with Crippen LogP contribution in [-0.4, -0.2) is 33.1 Å². The first-order valence-corrected chi connectivity index (χ1v) is 8.63. The quantitative estimate of drug-likeness (QED) is 0.819. The summed E-state index contributed by atoms with van der Waals surface area (Å²) < 4.78 is 19.8. The Morgan fingerprint density at radius 2 is 2.04 bits per heavy atom. The molecule has 1 unspecified atom stereocenters. The number of rotatable bonds is 2. The molecule has 2 aromatic rings. The first kappa shape index (κ1) is 17.7. The molecule has 1 fully saturated rings. The Kier molecular flexibility index (Phi) is 4.73. The van der Waals surface area contributed by atoms with Crippen molar-refractivity contribution in [3.8, 4) is 11.3 Å².